The molecule has 0 radical (unpaired) electrons. The van der Waals surface area contributed by atoms with Gasteiger partial charge in [-0.1, -0.05) is 17.7 Å². The van der Waals surface area contributed by atoms with Crippen LogP contribution < -0.4 is 15.0 Å². The van der Waals surface area contributed by atoms with Crippen LogP contribution in [0.3, 0.4) is 0 Å². The van der Waals surface area contributed by atoms with Gasteiger partial charge in [-0.25, -0.2) is 0 Å². The number of rotatable bonds is 10. The predicted molar refractivity (Wildman–Crippen MR) is 116 cm³/mol. The zero-order valence-corrected chi connectivity index (χ0v) is 17.6. The highest BCUT2D eigenvalue weighted by molar-refractivity contribution is 6.18. The quantitative estimate of drug-likeness (QED) is 0.564. The highest BCUT2D eigenvalue weighted by Gasteiger charge is 2.31. The number of nitrogens with zero attached hydrogens (tertiary/aromatic N) is 1. The van der Waals surface area contributed by atoms with Gasteiger partial charge in [0.15, 0.2) is 5.60 Å². The number of anilines is 2. The van der Waals surface area contributed by atoms with Gasteiger partial charge >= 0.3 is 0 Å². The smallest absolute Gasteiger partial charge is 0.259 e. The lowest BCUT2D eigenvalue weighted by Crippen LogP contribution is -2.45. The van der Waals surface area contributed by atoms with Crippen LogP contribution in [0.2, 0.25) is 0 Å². The van der Waals surface area contributed by atoms with Crippen LogP contribution in [-0.4, -0.2) is 48.1 Å². The number of nitrogens with one attached hydrogen (secondary N) is 1. The van der Waals surface area contributed by atoms with E-state index in [2.05, 4.69) is 10.2 Å². The van der Waals surface area contributed by atoms with Crippen LogP contribution in [0, 0.1) is 6.92 Å². The van der Waals surface area contributed by atoms with E-state index in [0.717, 1.165) is 11.3 Å². The molecule has 1 amide bonds. The molecule has 28 heavy (non-hydrogen) atoms. The Morgan fingerprint density at radius 3 is 2.18 bits per heavy atom. The fraction of sp³-hybridized carbons (Fsp3) is 0.381. The van der Waals surface area contributed by atoms with Gasteiger partial charge in [-0.15, -0.1) is 23.2 Å². The minimum atomic E-state index is -1.67. The average molecular weight is 425 g/mol. The molecule has 152 valence electrons. The third-order valence-corrected chi connectivity index (χ3v) is 4.57. The molecule has 2 aromatic rings. The van der Waals surface area contributed by atoms with Crippen LogP contribution in [0.25, 0.3) is 0 Å². The molecular formula is C21H26Cl2N2O3. The van der Waals surface area contributed by atoms with Crippen molar-refractivity contribution in [2.45, 2.75) is 19.4 Å². The largest absolute Gasteiger partial charge is 0.490 e. The first-order valence-electron chi connectivity index (χ1n) is 9.06. The van der Waals surface area contributed by atoms with E-state index in [1.54, 1.807) is 24.3 Å². The number of halogens is 2. The van der Waals surface area contributed by atoms with E-state index in [0.29, 0.717) is 36.3 Å². The van der Waals surface area contributed by atoms with Gasteiger partial charge in [-0.3, -0.25) is 4.79 Å². The van der Waals surface area contributed by atoms with E-state index in [4.69, 9.17) is 27.9 Å². The van der Waals surface area contributed by atoms with Crippen molar-refractivity contribution in [1.82, 2.24) is 0 Å². The summed E-state index contributed by atoms with van der Waals surface area (Å²) >= 11 is 11.7. The molecule has 0 aliphatic heterocycles. The average Bonchev–Trinajstić information content (AvgIpc) is 2.68. The van der Waals surface area contributed by atoms with Crippen molar-refractivity contribution in [3.05, 3.63) is 54.1 Å². The molecule has 0 fully saturated rings. The van der Waals surface area contributed by atoms with Gasteiger partial charge < -0.3 is 20.1 Å². The molecule has 7 heteroatoms. The van der Waals surface area contributed by atoms with Crippen molar-refractivity contribution in [2.24, 2.45) is 0 Å². The van der Waals surface area contributed by atoms with Gasteiger partial charge in [0, 0.05) is 36.2 Å². The molecule has 0 heterocycles. The van der Waals surface area contributed by atoms with Crippen LogP contribution in [0.1, 0.15) is 12.5 Å². The van der Waals surface area contributed by atoms with Crippen molar-refractivity contribution in [3.8, 4) is 5.75 Å². The summed E-state index contributed by atoms with van der Waals surface area (Å²) in [5.41, 5.74) is 1.02. The van der Waals surface area contributed by atoms with Crippen molar-refractivity contribution >= 4 is 40.5 Å². The maximum Gasteiger partial charge on any atom is 0.259 e. The topological polar surface area (TPSA) is 61.8 Å². The molecule has 0 bridgehead atoms. The summed E-state index contributed by atoms with van der Waals surface area (Å²) in [7, 11) is 0. The standard InChI is InChI=1S/C21H26Cl2N2O3/c1-16-3-5-17(6-4-16)24-20(26)21(2,27)15-28-19-9-7-18(8-10-19)25(13-11-22)14-12-23/h3-10,27H,11-15H2,1-2H3,(H,24,26)/t21-/m0/s1. The number of hydrogen-bond acceptors (Lipinski definition) is 4. The monoisotopic (exact) mass is 424 g/mol. The third-order valence-electron chi connectivity index (χ3n) is 4.23. The molecular weight excluding hydrogens is 399 g/mol. The Balaban J connectivity index is 1.93. The molecule has 0 saturated heterocycles. The van der Waals surface area contributed by atoms with E-state index >= 15 is 0 Å². The van der Waals surface area contributed by atoms with Crippen molar-refractivity contribution in [1.29, 1.82) is 0 Å². The minimum absolute atomic E-state index is 0.170. The third kappa shape index (κ3) is 6.59. The molecule has 5 nitrogen and oxygen atoms in total. The first-order valence-corrected chi connectivity index (χ1v) is 10.1. The number of alkyl halides is 2. The molecule has 2 aromatic carbocycles. The summed E-state index contributed by atoms with van der Waals surface area (Å²) in [4.78, 5) is 14.4. The highest BCUT2D eigenvalue weighted by atomic mass is 35.5. The molecule has 0 aliphatic carbocycles. The Bertz CT molecular complexity index is 743. The number of ether oxygens (including phenoxy) is 1. The van der Waals surface area contributed by atoms with Crippen molar-refractivity contribution in [2.75, 3.05) is 41.7 Å². The molecule has 1 atom stereocenters. The van der Waals surface area contributed by atoms with E-state index in [-0.39, 0.29) is 6.61 Å². The number of carbonyl (C=O) groups excluding carboxylic acids is 1. The summed E-state index contributed by atoms with van der Waals surface area (Å²) < 4.78 is 5.62. The maximum absolute atomic E-state index is 12.4. The Morgan fingerprint density at radius 2 is 1.64 bits per heavy atom. The predicted octanol–water partition coefficient (Wildman–Crippen LogP) is 4.05. The Hall–Kier alpha value is -1.95. The number of carbonyl (C=O) groups is 1. The molecule has 0 unspecified atom stereocenters. The first kappa shape index (κ1) is 22.3. The Kier molecular flexibility index (Phi) is 8.42. The van der Waals surface area contributed by atoms with Crippen LogP contribution in [0.4, 0.5) is 11.4 Å². The van der Waals surface area contributed by atoms with E-state index in [1.165, 1.54) is 6.92 Å². The lowest BCUT2D eigenvalue weighted by molar-refractivity contribution is -0.135. The molecule has 2 N–H and O–H groups in total. The highest BCUT2D eigenvalue weighted by Crippen LogP contribution is 2.21. The molecule has 0 spiro atoms. The van der Waals surface area contributed by atoms with Crippen LogP contribution in [0.15, 0.2) is 48.5 Å². The molecule has 0 aliphatic rings. The number of aliphatic hydroxyl groups is 1. The summed E-state index contributed by atoms with van der Waals surface area (Å²) in [5.74, 6) is 1.05. The molecule has 2 rings (SSSR count). The van der Waals surface area contributed by atoms with Crippen LogP contribution in [0.5, 0.6) is 5.75 Å². The van der Waals surface area contributed by atoms with Crippen LogP contribution in [-0.2, 0) is 4.79 Å². The van der Waals surface area contributed by atoms with E-state index < -0.39 is 11.5 Å². The van der Waals surface area contributed by atoms with Crippen molar-refractivity contribution in [3.63, 3.8) is 0 Å². The van der Waals surface area contributed by atoms with Crippen LogP contribution >= 0.6 is 23.2 Å². The Morgan fingerprint density at radius 1 is 1.07 bits per heavy atom. The van der Waals surface area contributed by atoms with E-state index in [1.807, 2.05) is 31.2 Å². The SMILES string of the molecule is Cc1ccc(NC(=O)[C@@](C)(O)COc2ccc(N(CCCl)CCCl)cc2)cc1. The number of amides is 1. The maximum atomic E-state index is 12.4. The van der Waals surface area contributed by atoms with Gasteiger partial charge in [0.2, 0.25) is 0 Å². The summed E-state index contributed by atoms with van der Waals surface area (Å²) in [5, 5.41) is 13.2. The first-order chi connectivity index (χ1) is 13.4. The number of hydrogen-bond donors (Lipinski definition) is 2. The zero-order valence-electron chi connectivity index (χ0n) is 16.1. The summed E-state index contributed by atoms with van der Waals surface area (Å²) in [6, 6.07) is 14.7. The van der Waals surface area contributed by atoms with Gasteiger partial charge in [0.05, 0.1) is 0 Å². The second-order valence-electron chi connectivity index (χ2n) is 6.74. The number of aryl methyl sites for hydroxylation is 1. The van der Waals surface area contributed by atoms with Gasteiger partial charge in [-0.2, -0.15) is 0 Å². The lowest BCUT2D eigenvalue weighted by Gasteiger charge is -2.24. The Labute approximate surface area is 176 Å². The summed E-state index contributed by atoms with van der Waals surface area (Å²) in [6.07, 6.45) is 0. The van der Waals surface area contributed by atoms with Gasteiger partial charge in [-0.05, 0) is 50.2 Å². The molecule has 0 saturated carbocycles. The minimum Gasteiger partial charge on any atom is -0.490 e. The second-order valence-corrected chi connectivity index (χ2v) is 7.50. The fourth-order valence-corrected chi connectivity index (χ4v) is 2.93. The lowest BCUT2D eigenvalue weighted by atomic mass is 10.1. The molecule has 0 aromatic heterocycles. The normalized spacial score (nSPS) is 12.9. The summed E-state index contributed by atoms with van der Waals surface area (Å²) in [6.45, 7) is 4.61. The number of benzene rings is 2. The second kappa shape index (κ2) is 10.6. The van der Waals surface area contributed by atoms with E-state index in [9.17, 15) is 9.90 Å². The fourth-order valence-electron chi connectivity index (χ4n) is 2.52. The zero-order chi connectivity index (χ0) is 20.6. The van der Waals surface area contributed by atoms with Crippen molar-refractivity contribution < 1.29 is 14.6 Å². The van der Waals surface area contributed by atoms with Gasteiger partial charge in [0.1, 0.15) is 12.4 Å². The van der Waals surface area contributed by atoms with Gasteiger partial charge in [0.25, 0.3) is 5.91 Å².